The van der Waals surface area contributed by atoms with Gasteiger partial charge in [-0.2, -0.15) is 0 Å². The SMILES string of the molecule is CCc1ccc(B(OC)OC(=O)OC(C)(C)C)cc1. The quantitative estimate of drug-likeness (QED) is 0.619. The summed E-state index contributed by atoms with van der Waals surface area (Å²) in [5, 5.41) is 0. The van der Waals surface area contributed by atoms with Crippen molar-refractivity contribution < 1.29 is 18.8 Å². The van der Waals surface area contributed by atoms with Crippen LogP contribution < -0.4 is 5.46 Å². The second-order valence-corrected chi connectivity index (χ2v) is 5.25. The number of ether oxygens (including phenoxy) is 1. The molecule has 1 rings (SSSR count). The molecule has 0 radical (unpaired) electrons. The van der Waals surface area contributed by atoms with Gasteiger partial charge in [-0.25, -0.2) is 4.79 Å². The Morgan fingerprint density at radius 3 is 2.21 bits per heavy atom. The van der Waals surface area contributed by atoms with E-state index >= 15 is 0 Å². The van der Waals surface area contributed by atoms with Crippen molar-refractivity contribution in [3.8, 4) is 0 Å². The van der Waals surface area contributed by atoms with Gasteiger partial charge in [0.25, 0.3) is 0 Å². The minimum absolute atomic E-state index is 0.582. The van der Waals surface area contributed by atoms with E-state index in [0.717, 1.165) is 11.9 Å². The number of aryl methyl sites for hydroxylation is 1. The minimum atomic E-state index is -0.749. The van der Waals surface area contributed by atoms with E-state index in [1.807, 2.05) is 24.3 Å². The van der Waals surface area contributed by atoms with Gasteiger partial charge in [-0.15, -0.1) is 0 Å². The third-order valence-corrected chi connectivity index (χ3v) is 2.47. The summed E-state index contributed by atoms with van der Waals surface area (Å²) >= 11 is 0. The molecule has 0 amide bonds. The van der Waals surface area contributed by atoms with Crippen molar-refractivity contribution >= 4 is 18.7 Å². The van der Waals surface area contributed by atoms with Crippen LogP contribution in [0.2, 0.25) is 0 Å². The van der Waals surface area contributed by atoms with E-state index < -0.39 is 18.9 Å². The lowest BCUT2D eigenvalue weighted by molar-refractivity contribution is 0.0163. The Bertz CT molecular complexity index is 408. The van der Waals surface area contributed by atoms with Gasteiger partial charge in [-0.05, 0) is 38.2 Å². The summed E-state index contributed by atoms with van der Waals surface area (Å²) in [6, 6.07) is 7.74. The second kappa shape index (κ2) is 6.61. The lowest BCUT2D eigenvalue weighted by atomic mass is 9.78. The van der Waals surface area contributed by atoms with Crippen molar-refractivity contribution in [1.82, 2.24) is 0 Å². The van der Waals surface area contributed by atoms with Gasteiger partial charge in [0.2, 0.25) is 0 Å². The molecule has 1 aromatic carbocycles. The van der Waals surface area contributed by atoms with Crippen LogP contribution in [0.1, 0.15) is 33.3 Å². The molecule has 0 N–H and O–H groups in total. The molecule has 0 spiro atoms. The maximum atomic E-state index is 11.6. The molecule has 0 aromatic heterocycles. The topological polar surface area (TPSA) is 44.8 Å². The summed E-state index contributed by atoms with van der Waals surface area (Å²) in [7, 11) is 0.740. The lowest BCUT2D eigenvalue weighted by Crippen LogP contribution is -2.39. The molecule has 0 saturated carbocycles. The fraction of sp³-hybridized carbons (Fsp3) is 0.500. The first kappa shape index (κ1) is 15.6. The van der Waals surface area contributed by atoms with E-state index in [0.29, 0.717) is 0 Å². The van der Waals surface area contributed by atoms with Crippen LogP contribution in [0.15, 0.2) is 24.3 Å². The maximum absolute atomic E-state index is 11.6. The average Bonchev–Trinajstić information content (AvgIpc) is 2.34. The first-order valence-corrected chi connectivity index (χ1v) is 6.37. The van der Waals surface area contributed by atoms with E-state index in [9.17, 15) is 4.79 Å². The molecule has 0 atom stereocenters. The van der Waals surface area contributed by atoms with Crippen LogP contribution in [0.25, 0.3) is 0 Å². The van der Waals surface area contributed by atoms with Crippen LogP contribution in [0.3, 0.4) is 0 Å². The molecule has 4 nitrogen and oxygen atoms in total. The number of benzene rings is 1. The van der Waals surface area contributed by atoms with Gasteiger partial charge in [0.1, 0.15) is 5.60 Å². The average molecular weight is 264 g/mol. The van der Waals surface area contributed by atoms with Gasteiger partial charge in [-0.3, -0.25) is 0 Å². The van der Waals surface area contributed by atoms with Gasteiger partial charge < -0.3 is 14.0 Å². The molecule has 104 valence electrons. The summed E-state index contributed by atoms with van der Waals surface area (Å²) in [4.78, 5) is 11.6. The summed E-state index contributed by atoms with van der Waals surface area (Å²) in [5.74, 6) is 0. The van der Waals surface area contributed by atoms with Crippen molar-refractivity contribution in [3.05, 3.63) is 29.8 Å². The number of carbonyl (C=O) groups is 1. The smallest absolute Gasteiger partial charge is 0.473 e. The molecule has 0 saturated heterocycles. The fourth-order valence-corrected chi connectivity index (χ4v) is 1.52. The molecule has 19 heavy (non-hydrogen) atoms. The normalized spacial score (nSPS) is 11.0. The van der Waals surface area contributed by atoms with Gasteiger partial charge in [0.15, 0.2) is 0 Å². The fourth-order valence-electron chi connectivity index (χ4n) is 1.52. The Morgan fingerprint density at radius 1 is 1.21 bits per heavy atom. The van der Waals surface area contributed by atoms with Crippen LogP contribution in [0.5, 0.6) is 0 Å². The molecule has 0 fully saturated rings. The summed E-state index contributed by atoms with van der Waals surface area (Å²) in [6.07, 6.45) is 0.226. The molecule has 0 unspecified atom stereocenters. The number of hydrogen-bond donors (Lipinski definition) is 0. The highest BCUT2D eigenvalue weighted by Gasteiger charge is 2.27. The molecule has 0 aliphatic rings. The highest BCUT2D eigenvalue weighted by atomic mass is 16.7. The highest BCUT2D eigenvalue weighted by molar-refractivity contribution is 6.62. The second-order valence-electron chi connectivity index (χ2n) is 5.25. The molecule has 0 heterocycles. The Balaban J connectivity index is 2.69. The Labute approximate surface area is 115 Å². The third kappa shape index (κ3) is 5.34. The predicted molar refractivity (Wildman–Crippen MR) is 75.5 cm³/mol. The Kier molecular flexibility index (Phi) is 5.42. The highest BCUT2D eigenvalue weighted by Crippen LogP contribution is 2.09. The van der Waals surface area contributed by atoms with E-state index in [2.05, 4.69) is 6.92 Å². The third-order valence-electron chi connectivity index (χ3n) is 2.47. The first-order chi connectivity index (χ1) is 8.85. The summed E-state index contributed by atoms with van der Waals surface area (Å²) in [6.45, 7) is 7.43. The lowest BCUT2D eigenvalue weighted by Gasteiger charge is -2.20. The van der Waals surface area contributed by atoms with Crippen molar-refractivity contribution in [2.45, 2.75) is 39.7 Å². The largest absolute Gasteiger partial charge is 0.566 e. The Hall–Kier alpha value is -1.49. The van der Waals surface area contributed by atoms with Crippen molar-refractivity contribution in [2.75, 3.05) is 7.11 Å². The predicted octanol–water partition coefficient (Wildman–Crippen LogP) is 2.54. The zero-order valence-corrected chi connectivity index (χ0v) is 12.2. The zero-order chi connectivity index (χ0) is 14.5. The van der Waals surface area contributed by atoms with E-state index in [1.54, 1.807) is 20.8 Å². The molecule has 0 aliphatic carbocycles. The maximum Gasteiger partial charge on any atom is 0.566 e. The molecule has 5 heteroatoms. The van der Waals surface area contributed by atoms with Crippen molar-refractivity contribution in [3.63, 3.8) is 0 Å². The van der Waals surface area contributed by atoms with Crippen LogP contribution >= 0.6 is 0 Å². The van der Waals surface area contributed by atoms with Crippen LogP contribution in [0.4, 0.5) is 4.79 Å². The molecule has 1 aromatic rings. The van der Waals surface area contributed by atoms with E-state index in [-0.39, 0.29) is 0 Å². The van der Waals surface area contributed by atoms with E-state index in [1.165, 1.54) is 12.7 Å². The van der Waals surface area contributed by atoms with E-state index in [4.69, 9.17) is 14.0 Å². The summed E-state index contributed by atoms with van der Waals surface area (Å²) in [5.41, 5.74) is 1.42. The molecular weight excluding hydrogens is 243 g/mol. The van der Waals surface area contributed by atoms with Crippen molar-refractivity contribution in [1.29, 1.82) is 0 Å². The standard InChI is InChI=1S/C14H21BO4/c1-6-11-7-9-12(10-8-11)15(17-5)19-13(16)18-14(2,3)4/h7-10H,6H2,1-5H3. The van der Waals surface area contributed by atoms with Crippen molar-refractivity contribution in [2.24, 2.45) is 0 Å². The van der Waals surface area contributed by atoms with Crippen LogP contribution in [0, 0.1) is 0 Å². The van der Waals surface area contributed by atoms with Gasteiger partial charge in [0.05, 0.1) is 0 Å². The zero-order valence-electron chi connectivity index (χ0n) is 12.2. The van der Waals surface area contributed by atoms with Gasteiger partial charge >= 0.3 is 13.3 Å². The monoisotopic (exact) mass is 264 g/mol. The molecule has 0 aliphatic heterocycles. The number of hydrogen-bond acceptors (Lipinski definition) is 4. The number of carbonyl (C=O) groups excluding carboxylic acids is 1. The number of rotatable bonds is 4. The molecular formula is C14H21BO4. The minimum Gasteiger partial charge on any atom is -0.473 e. The van der Waals surface area contributed by atoms with Crippen LogP contribution in [-0.4, -0.2) is 26.0 Å². The first-order valence-electron chi connectivity index (χ1n) is 6.37. The summed E-state index contributed by atoms with van der Waals surface area (Å²) < 4.78 is 15.4. The van der Waals surface area contributed by atoms with Gasteiger partial charge in [-0.1, -0.05) is 31.2 Å². The van der Waals surface area contributed by atoms with Crippen LogP contribution in [-0.2, 0) is 20.5 Å². The Morgan fingerprint density at radius 2 is 1.79 bits per heavy atom. The van der Waals surface area contributed by atoms with Gasteiger partial charge in [0, 0.05) is 7.11 Å². The molecule has 0 bridgehead atoms.